The first-order chi connectivity index (χ1) is 31.1. The molecule has 0 unspecified atom stereocenters. The van der Waals surface area contributed by atoms with Gasteiger partial charge >= 0.3 is 6.85 Å². The number of benzene rings is 7. The fourth-order valence-corrected chi connectivity index (χ4v) is 12.7. The zero-order chi connectivity index (χ0) is 46.5. The molecule has 0 fully saturated rings. The molecule has 11 rings (SSSR count). The molecule has 8 aromatic rings. The Bertz CT molecular complexity index is 3260. The van der Waals surface area contributed by atoms with Crippen LogP contribution in [0.25, 0.3) is 42.4 Å². The Morgan fingerprint density at radius 3 is 1.77 bits per heavy atom. The number of rotatable bonds is 3. The molecule has 0 radical (unpaired) electrons. The van der Waals surface area contributed by atoms with Crippen LogP contribution >= 0.6 is 11.3 Å². The lowest BCUT2D eigenvalue weighted by Crippen LogP contribution is -2.61. The van der Waals surface area contributed by atoms with E-state index >= 15 is 0 Å². The van der Waals surface area contributed by atoms with E-state index in [0.717, 1.165) is 0 Å². The summed E-state index contributed by atoms with van der Waals surface area (Å²) >= 11 is 1.95. The van der Waals surface area contributed by atoms with Gasteiger partial charge in [0.25, 0.3) is 0 Å². The first-order valence-corrected chi connectivity index (χ1v) is 25.2. The van der Waals surface area contributed by atoms with Crippen molar-refractivity contribution in [1.82, 2.24) is 0 Å². The van der Waals surface area contributed by atoms with Crippen molar-refractivity contribution in [3.05, 3.63) is 161 Å². The molecule has 3 aliphatic rings. The molecule has 0 saturated carbocycles. The van der Waals surface area contributed by atoms with E-state index in [9.17, 15) is 0 Å². The second kappa shape index (κ2) is 14.5. The molecule has 0 amide bonds. The zero-order valence-electron chi connectivity index (χ0n) is 41.5. The number of nitrogens with zero attached hydrogens (tertiary/aromatic N) is 2. The lowest BCUT2D eigenvalue weighted by molar-refractivity contribution is 0.332. The second-order valence-electron chi connectivity index (χ2n) is 24.1. The lowest BCUT2D eigenvalue weighted by Gasteiger charge is -2.49. The zero-order valence-corrected chi connectivity index (χ0v) is 42.3. The van der Waals surface area contributed by atoms with Gasteiger partial charge in [-0.3, -0.25) is 0 Å². The summed E-state index contributed by atoms with van der Waals surface area (Å²) in [4.78, 5) is 5.46. The highest BCUT2D eigenvalue weighted by Crippen LogP contribution is 2.56. The summed E-state index contributed by atoms with van der Waals surface area (Å²) in [6.45, 7) is 31.0. The van der Waals surface area contributed by atoms with Crippen LogP contribution in [0, 0.1) is 0 Å². The number of hydrogen-bond donors (Lipinski definition) is 0. The maximum Gasteiger partial charge on any atom is 0.333 e. The summed E-state index contributed by atoms with van der Waals surface area (Å²) in [5.41, 5.74) is 21.3. The Labute approximate surface area is 398 Å². The molecule has 0 spiro atoms. The van der Waals surface area contributed by atoms with Gasteiger partial charge in [-0.2, -0.15) is 0 Å². The van der Waals surface area contributed by atoms with Crippen LogP contribution in [0.15, 0.2) is 133 Å². The molecule has 1 aromatic heterocycles. The van der Waals surface area contributed by atoms with Gasteiger partial charge in [0.1, 0.15) is 0 Å². The molecule has 0 atom stereocenters. The summed E-state index contributed by atoms with van der Waals surface area (Å²) in [7, 11) is 0. The molecule has 0 bridgehead atoms. The molecule has 7 aromatic carbocycles. The molecule has 66 heavy (non-hydrogen) atoms. The van der Waals surface area contributed by atoms with E-state index < -0.39 is 0 Å². The van der Waals surface area contributed by atoms with Crippen LogP contribution in [-0.2, 0) is 27.1 Å². The van der Waals surface area contributed by atoms with Crippen molar-refractivity contribution in [1.29, 1.82) is 0 Å². The van der Waals surface area contributed by atoms with Crippen molar-refractivity contribution < 1.29 is 0 Å². The third-order valence-electron chi connectivity index (χ3n) is 15.6. The van der Waals surface area contributed by atoms with E-state index in [1.807, 2.05) is 11.3 Å². The van der Waals surface area contributed by atoms with Crippen molar-refractivity contribution in [3.8, 4) is 22.3 Å². The summed E-state index contributed by atoms with van der Waals surface area (Å²) in [6, 6.07) is 52.4. The highest BCUT2D eigenvalue weighted by molar-refractivity contribution is 7.26. The largest absolute Gasteiger partial charge is 0.376 e. The quantitative estimate of drug-likeness (QED) is 0.163. The smallest absolute Gasteiger partial charge is 0.333 e. The first-order valence-electron chi connectivity index (χ1n) is 24.3. The molecule has 1 aliphatic carbocycles. The highest BCUT2D eigenvalue weighted by Gasteiger charge is 2.48. The topological polar surface area (TPSA) is 6.48 Å². The van der Waals surface area contributed by atoms with Crippen molar-refractivity contribution in [2.45, 2.75) is 130 Å². The van der Waals surface area contributed by atoms with Gasteiger partial charge in [-0.15, -0.1) is 11.3 Å². The van der Waals surface area contributed by atoms with E-state index in [-0.39, 0.29) is 33.9 Å². The fraction of sp³-hybridized carbons (Fsp3) is 0.323. The third-order valence-corrected chi connectivity index (χ3v) is 16.8. The molecular weight excluding hydrogens is 816 g/mol. The van der Waals surface area contributed by atoms with Gasteiger partial charge in [0.15, 0.2) is 0 Å². The van der Waals surface area contributed by atoms with E-state index in [4.69, 9.17) is 0 Å². The summed E-state index contributed by atoms with van der Waals surface area (Å²) < 4.78 is 2.66. The minimum absolute atomic E-state index is 0.0226. The molecule has 3 heterocycles. The van der Waals surface area contributed by atoms with Gasteiger partial charge in [-0.25, -0.2) is 0 Å². The van der Waals surface area contributed by atoms with Crippen LogP contribution in [-0.4, -0.2) is 6.85 Å². The monoisotopic (exact) mass is 880 g/mol. The van der Waals surface area contributed by atoms with Gasteiger partial charge in [0.05, 0.1) is 16.1 Å². The van der Waals surface area contributed by atoms with E-state index in [0.29, 0.717) is 0 Å². The average Bonchev–Trinajstić information content (AvgIpc) is 3.66. The lowest BCUT2D eigenvalue weighted by atomic mass is 9.43. The fourth-order valence-electron chi connectivity index (χ4n) is 11.4. The maximum atomic E-state index is 2.75. The van der Waals surface area contributed by atoms with E-state index in [1.54, 1.807) is 0 Å². The first kappa shape index (κ1) is 43.0. The SMILES string of the molecule is CC(C)(C)c1ccc(N2B3c4ccc5c(sc6ccccc65)c4N(c4ccc(C(C)(C)C)cc4-c4ccccc4)c4cc(C(C)(C)C)cc(c43)-c3cc4c(cc32)C(C)(C)CCC4(C)C)cc1. The Morgan fingerprint density at radius 2 is 1.11 bits per heavy atom. The molecular formula is C62H65BN2S. The molecule has 332 valence electrons. The Hall–Kier alpha value is -5.58. The average molecular weight is 881 g/mol. The molecule has 0 N–H and O–H groups in total. The van der Waals surface area contributed by atoms with Crippen LogP contribution in [0.2, 0.25) is 0 Å². The van der Waals surface area contributed by atoms with Crippen LogP contribution in [0.5, 0.6) is 0 Å². The minimum atomic E-state index is -0.107. The van der Waals surface area contributed by atoms with Crippen LogP contribution in [0.3, 0.4) is 0 Å². The number of hydrogen-bond acceptors (Lipinski definition) is 3. The molecule has 2 nitrogen and oxygen atoms in total. The van der Waals surface area contributed by atoms with Gasteiger partial charge in [-0.05, 0) is 138 Å². The standard InChI is InChI=1S/C62H65BN2S/c1-58(2,3)39-23-26-42(27-24-39)65-52-37-49-48(61(10,11)31-32-62(49,12)13)36-46(52)47-34-41(60(7,8)9)35-53-55(47)63(65)50-29-28-44-43-21-17-18-22-54(43)66-57(44)56(50)64(53)51-30-25-40(59(4,5)6)33-45(51)38-19-15-14-16-20-38/h14-30,33-37H,31-32H2,1-13H3. The number of thiophene rings is 1. The van der Waals surface area contributed by atoms with Crippen LogP contribution in [0.4, 0.5) is 28.4 Å². The van der Waals surface area contributed by atoms with Gasteiger partial charge in [0, 0.05) is 43.7 Å². The van der Waals surface area contributed by atoms with E-state index in [2.05, 4.69) is 233 Å². The van der Waals surface area contributed by atoms with Crippen molar-refractivity contribution in [3.63, 3.8) is 0 Å². The number of fused-ring (bicyclic) bond motifs is 9. The van der Waals surface area contributed by atoms with Crippen molar-refractivity contribution >= 4 is 77.7 Å². The Balaban J connectivity index is 1.33. The van der Waals surface area contributed by atoms with Crippen molar-refractivity contribution in [2.75, 3.05) is 9.71 Å². The Kier molecular flexibility index (Phi) is 9.43. The predicted octanol–water partition coefficient (Wildman–Crippen LogP) is 16.7. The van der Waals surface area contributed by atoms with Crippen molar-refractivity contribution in [2.24, 2.45) is 0 Å². The minimum Gasteiger partial charge on any atom is -0.376 e. The van der Waals surface area contributed by atoms with E-state index in [1.165, 1.54) is 122 Å². The van der Waals surface area contributed by atoms with Crippen LogP contribution in [0.1, 0.15) is 131 Å². The van der Waals surface area contributed by atoms with Gasteiger partial charge in [0.2, 0.25) is 0 Å². The highest BCUT2D eigenvalue weighted by atomic mass is 32.1. The summed E-state index contributed by atoms with van der Waals surface area (Å²) in [5.74, 6) is 0. The summed E-state index contributed by atoms with van der Waals surface area (Å²) in [5, 5.41) is 2.64. The summed E-state index contributed by atoms with van der Waals surface area (Å²) in [6.07, 6.45) is 2.34. The Morgan fingerprint density at radius 1 is 0.500 bits per heavy atom. The van der Waals surface area contributed by atoms with Crippen LogP contribution < -0.4 is 20.6 Å². The second-order valence-corrected chi connectivity index (χ2v) is 25.2. The van der Waals surface area contributed by atoms with Gasteiger partial charge in [-0.1, -0.05) is 175 Å². The molecule has 4 heteroatoms. The maximum absolute atomic E-state index is 2.75. The van der Waals surface area contributed by atoms with Gasteiger partial charge < -0.3 is 9.71 Å². The third kappa shape index (κ3) is 6.63. The normalized spacial score (nSPS) is 16.3. The molecule has 2 aliphatic heterocycles. The number of anilines is 5. The predicted molar refractivity (Wildman–Crippen MR) is 290 cm³/mol. The molecule has 0 saturated heterocycles.